The summed E-state index contributed by atoms with van der Waals surface area (Å²) in [6.45, 7) is 3.34. The van der Waals surface area contributed by atoms with Gasteiger partial charge >= 0.3 is 0 Å². The molecule has 7 nitrogen and oxygen atoms in total. The highest BCUT2D eigenvalue weighted by Gasteiger charge is 2.42. The monoisotopic (exact) mass is 393 g/mol. The van der Waals surface area contributed by atoms with Crippen LogP contribution in [0.5, 0.6) is 0 Å². The number of nitrogens with one attached hydrogen (secondary N) is 1. The number of rotatable bonds is 3. The number of aromatic nitrogens is 1. The third kappa shape index (κ3) is 3.42. The molecule has 1 fully saturated rings. The number of pyridine rings is 1. The SMILES string of the molecule is Cc1cc(NC(=O)c2cc(N3C(=O)C(C)CS3(=O)=O)ccc2Cl)ccn1. The van der Waals surface area contributed by atoms with Crippen molar-refractivity contribution in [1.29, 1.82) is 0 Å². The molecule has 1 aromatic heterocycles. The van der Waals surface area contributed by atoms with Crippen molar-refractivity contribution in [2.75, 3.05) is 15.4 Å². The minimum atomic E-state index is -3.76. The summed E-state index contributed by atoms with van der Waals surface area (Å²) < 4.78 is 25.2. The average molecular weight is 394 g/mol. The minimum absolute atomic E-state index is 0.0705. The van der Waals surface area contributed by atoms with E-state index in [1.807, 2.05) is 0 Å². The van der Waals surface area contributed by atoms with Crippen LogP contribution in [-0.2, 0) is 14.8 Å². The van der Waals surface area contributed by atoms with Gasteiger partial charge in [-0.05, 0) is 37.3 Å². The summed E-state index contributed by atoms with van der Waals surface area (Å²) in [5.74, 6) is -1.93. The van der Waals surface area contributed by atoms with Crippen molar-refractivity contribution < 1.29 is 18.0 Å². The van der Waals surface area contributed by atoms with E-state index in [0.29, 0.717) is 5.69 Å². The third-order valence-electron chi connectivity index (χ3n) is 3.94. The van der Waals surface area contributed by atoms with E-state index in [-0.39, 0.29) is 22.0 Å². The van der Waals surface area contributed by atoms with Gasteiger partial charge < -0.3 is 5.32 Å². The first-order valence-electron chi connectivity index (χ1n) is 7.79. The normalized spacial score (nSPS) is 18.8. The predicted molar refractivity (Wildman–Crippen MR) is 98.8 cm³/mol. The number of amides is 2. The molecular formula is C17H16ClN3O4S. The van der Waals surface area contributed by atoms with E-state index in [2.05, 4.69) is 10.3 Å². The second kappa shape index (κ2) is 6.69. The smallest absolute Gasteiger partial charge is 0.257 e. The summed E-state index contributed by atoms with van der Waals surface area (Å²) in [5, 5.41) is 2.83. The largest absolute Gasteiger partial charge is 0.322 e. The molecular weight excluding hydrogens is 378 g/mol. The van der Waals surface area contributed by atoms with Gasteiger partial charge in [0, 0.05) is 17.6 Å². The number of hydrogen-bond acceptors (Lipinski definition) is 5. The van der Waals surface area contributed by atoms with Crippen molar-refractivity contribution >= 4 is 44.8 Å². The van der Waals surface area contributed by atoms with Gasteiger partial charge in [0.25, 0.3) is 5.91 Å². The van der Waals surface area contributed by atoms with Crippen LogP contribution in [0.1, 0.15) is 23.0 Å². The zero-order valence-corrected chi connectivity index (χ0v) is 15.6. The predicted octanol–water partition coefficient (Wildman–Crippen LogP) is 2.61. The average Bonchev–Trinajstić information content (AvgIpc) is 2.76. The number of halogens is 1. The molecule has 3 rings (SSSR count). The third-order valence-corrected chi connectivity index (χ3v) is 6.14. The first-order valence-corrected chi connectivity index (χ1v) is 9.78. The van der Waals surface area contributed by atoms with E-state index in [1.165, 1.54) is 18.2 Å². The molecule has 2 heterocycles. The molecule has 2 amide bonds. The van der Waals surface area contributed by atoms with Crippen LogP contribution in [0.15, 0.2) is 36.5 Å². The fraction of sp³-hybridized carbons (Fsp3) is 0.235. The molecule has 9 heteroatoms. The molecule has 1 unspecified atom stereocenters. The molecule has 136 valence electrons. The number of carbonyl (C=O) groups is 2. The summed E-state index contributed by atoms with van der Waals surface area (Å²) in [4.78, 5) is 28.8. The standard InChI is InChI=1S/C17H16ClN3O4S/c1-10-9-26(24,25)21(17(10)23)13-3-4-15(18)14(8-13)16(22)20-12-5-6-19-11(2)7-12/h3-8,10H,9H2,1-2H3,(H,19,20,22). The van der Waals surface area contributed by atoms with Crippen molar-refractivity contribution in [3.05, 3.63) is 52.8 Å². The van der Waals surface area contributed by atoms with E-state index < -0.39 is 27.8 Å². The Hall–Kier alpha value is -2.45. The van der Waals surface area contributed by atoms with E-state index in [9.17, 15) is 18.0 Å². The summed E-state index contributed by atoms with van der Waals surface area (Å²) in [5.41, 5.74) is 1.42. The minimum Gasteiger partial charge on any atom is -0.322 e. The highest BCUT2D eigenvalue weighted by Crippen LogP contribution is 2.31. The van der Waals surface area contributed by atoms with E-state index in [1.54, 1.807) is 32.2 Å². The molecule has 0 aliphatic carbocycles. The first kappa shape index (κ1) is 18.3. The van der Waals surface area contributed by atoms with Gasteiger partial charge in [-0.15, -0.1) is 0 Å². The Morgan fingerprint density at radius 1 is 1.31 bits per heavy atom. The molecule has 1 N–H and O–H groups in total. The molecule has 26 heavy (non-hydrogen) atoms. The second-order valence-corrected chi connectivity index (χ2v) is 8.36. The highest BCUT2D eigenvalue weighted by molar-refractivity contribution is 7.94. The molecule has 0 bridgehead atoms. The van der Waals surface area contributed by atoms with Gasteiger partial charge in [-0.2, -0.15) is 0 Å². The van der Waals surface area contributed by atoms with Crippen molar-refractivity contribution in [2.45, 2.75) is 13.8 Å². The number of anilines is 2. The zero-order chi connectivity index (χ0) is 19.1. The lowest BCUT2D eigenvalue weighted by atomic mass is 10.1. The van der Waals surface area contributed by atoms with Gasteiger partial charge in [-0.1, -0.05) is 18.5 Å². The maximum atomic E-state index is 12.6. The Bertz CT molecular complexity index is 1010. The molecule has 1 atom stereocenters. The van der Waals surface area contributed by atoms with Gasteiger partial charge in [0.1, 0.15) is 0 Å². The van der Waals surface area contributed by atoms with Crippen LogP contribution in [0.3, 0.4) is 0 Å². The van der Waals surface area contributed by atoms with Crippen LogP contribution in [0.2, 0.25) is 5.02 Å². The maximum Gasteiger partial charge on any atom is 0.257 e. The Kier molecular flexibility index (Phi) is 4.72. The summed E-state index contributed by atoms with van der Waals surface area (Å²) in [6, 6.07) is 7.42. The molecule has 1 saturated heterocycles. The van der Waals surface area contributed by atoms with Gasteiger partial charge in [0.2, 0.25) is 15.9 Å². The number of nitrogens with zero attached hydrogens (tertiary/aromatic N) is 2. The topological polar surface area (TPSA) is 96.4 Å². The Morgan fingerprint density at radius 3 is 2.65 bits per heavy atom. The molecule has 0 saturated carbocycles. The Morgan fingerprint density at radius 2 is 2.04 bits per heavy atom. The molecule has 1 aliphatic rings. The number of aryl methyl sites for hydroxylation is 1. The van der Waals surface area contributed by atoms with Crippen LogP contribution in [-0.4, -0.2) is 31.0 Å². The first-order chi connectivity index (χ1) is 12.2. The Labute approximate surface area is 156 Å². The van der Waals surface area contributed by atoms with Gasteiger partial charge in [0.15, 0.2) is 0 Å². The number of carbonyl (C=O) groups excluding carboxylic acids is 2. The summed E-state index contributed by atoms with van der Waals surface area (Å²) >= 11 is 6.11. The molecule has 1 aliphatic heterocycles. The molecule has 2 aromatic rings. The van der Waals surface area contributed by atoms with Crippen LogP contribution < -0.4 is 9.62 Å². The van der Waals surface area contributed by atoms with E-state index in [0.717, 1.165) is 10.00 Å². The second-order valence-electron chi connectivity index (χ2n) is 6.09. The van der Waals surface area contributed by atoms with Gasteiger partial charge in [0.05, 0.1) is 27.9 Å². The molecule has 0 spiro atoms. The number of hydrogen-bond donors (Lipinski definition) is 1. The fourth-order valence-electron chi connectivity index (χ4n) is 2.72. The maximum absolute atomic E-state index is 12.6. The number of benzene rings is 1. The van der Waals surface area contributed by atoms with Crippen LogP contribution in [0.4, 0.5) is 11.4 Å². The lowest BCUT2D eigenvalue weighted by Crippen LogP contribution is -2.30. The lowest BCUT2D eigenvalue weighted by Gasteiger charge is -2.17. The van der Waals surface area contributed by atoms with Crippen molar-refractivity contribution in [3.8, 4) is 0 Å². The van der Waals surface area contributed by atoms with Crippen LogP contribution >= 0.6 is 11.6 Å². The van der Waals surface area contributed by atoms with Gasteiger partial charge in [-0.3, -0.25) is 14.6 Å². The quantitative estimate of drug-likeness (QED) is 0.864. The van der Waals surface area contributed by atoms with Crippen LogP contribution in [0.25, 0.3) is 0 Å². The van der Waals surface area contributed by atoms with Crippen molar-refractivity contribution in [3.63, 3.8) is 0 Å². The fourth-order valence-corrected chi connectivity index (χ4v) is 4.74. The Balaban J connectivity index is 1.95. The summed E-state index contributed by atoms with van der Waals surface area (Å²) in [6.07, 6.45) is 1.56. The molecule has 0 radical (unpaired) electrons. The highest BCUT2D eigenvalue weighted by atomic mass is 35.5. The number of sulfonamides is 1. The van der Waals surface area contributed by atoms with Crippen LogP contribution in [0, 0.1) is 12.8 Å². The van der Waals surface area contributed by atoms with E-state index in [4.69, 9.17) is 11.6 Å². The lowest BCUT2D eigenvalue weighted by molar-refractivity contribution is -0.119. The van der Waals surface area contributed by atoms with Crippen molar-refractivity contribution in [1.82, 2.24) is 4.98 Å². The van der Waals surface area contributed by atoms with Gasteiger partial charge in [-0.25, -0.2) is 12.7 Å². The zero-order valence-electron chi connectivity index (χ0n) is 14.1. The summed E-state index contributed by atoms with van der Waals surface area (Å²) in [7, 11) is -3.76. The van der Waals surface area contributed by atoms with Crippen molar-refractivity contribution in [2.24, 2.45) is 5.92 Å². The molecule has 1 aromatic carbocycles. The van der Waals surface area contributed by atoms with E-state index >= 15 is 0 Å².